The largest absolute Gasteiger partial charge is 0.481 e. The summed E-state index contributed by atoms with van der Waals surface area (Å²) in [5.74, 6) is -1.50. The van der Waals surface area contributed by atoms with Crippen molar-refractivity contribution in [2.45, 2.75) is 31.4 Å². The fourth-order valence-corrected chi connectivity index (χ4v) is 4.90. The van der Waals surface area contributed by atoms with E-state index in [4.69, 9.17) is 9.47 Å². The van der Waals surface area contributed by atoms with Gasteiger partial charge in [-0.2, -0.15) is 4.98 Å². The van der Waals surface area contributed by atoms with Crippen molar-refractivity contribution in [3.63, 3.8) is 0 Å². The van der Waals surface area contributed by atoms with Gasteiger partial charge in [0.1, 0.15) is 5.60 Å². The Hall–Kier alpha value is -2.32. The first kappa shape index (κ1) is 20.0. The van der Waals surface area contributed by atoms with Crippen LogP contribution in [0.1, 0.15) is 30.4 Å². The van der Waals surface area contributed by atoms with E-state index in [2.05, 4.69) is 14.9 Å². The van der Waals surface area contributed by atoms with Crippen molar-refractivity contribution < 1.29 is 23.4 Å². The number of ether oxygens (including phenoxy) is 2. The van der Waals surface area contributed by atoms with E-state index in [0.29, 0.717) is 36.6 Å². The minimum atomic E-state index is -1.13. The number of benzene rings is 1. The third-order valence-electron chi connectivity index (χ3n) is 6.27. The predicted molar refractivity (Wildman–Crippen MR) is 101 cm³/mol. The molecule has 2 bridgehead atoms. The lowest BCUT2D eigenvalue weighted by atomic mass is 9.63. The minimum absolute atomic E-state index is 0.0856. The first-order valence-corrected chi connectivity index (χ1v) is 9.80. The van der Waals surface area contributed by atoms with Gasteiger partial charge in [0, 0.05) is 43.2 Å². The van der Waals surface area contributed by atoms with Gasteiger partial charge >= 0.3 is 6.01 Å². The monoisotopic (exact) mass is 405 g/mol. The lowest BCUT2D eigenvalue weighted by molar-refractivity contribution is -0.150. The van der Waals surface area contributed by atoms with Gasteiger partial charge in [0.15, 0.2) is 11.6 Å². The number of hydrogen-bond acceptors (Lipinski definition) is 6. The summed E-state index contributed by atoms with van der Waals surface area (Å²) in [6.45, 7) is 1.44. The topological polar surface area (TPSA) is 67.7 Å². The molecule has 0 amide bonds. The van der Waals surface area contributed by atoms with Crippen LogP contribution in [0.5, 0.6) is 11.9 Å². The zero-order chi connectivity index (χ0) is 20.6. The zero-order valence-electron chi connectivity index (χ0n) is 16.6. The average Bonchev–Trinajstić information content (AvgIpc) is 2.71. The second kappa shape index (κ2) is 7.84. The second-order valence-electron chi connectivity index (χ2n) is 7.84. The molecule has 2 atom stereocenters. The van der Waals surface area contributed by atoms with E-state index in [1.54, 1.807) is 12.3 Å². The molecule has 0 spiro atoms. The molecule has 0 radical (unpaired) electrons. The second-order valence-corrected chi connectivity index (χ2v) is 7.84. The number of hydrogen-bond donors (Lipinski definition) is 1. The van der Waals surface area contributed by atoms with Crippen molar-refractivity contribution >= 4 is 0 Å². The predicted octanol–water partition coefficient (Wildman–Crippen LogP) is 2.89. The molecule has 6 nitrogen and oxygen atoms in total. The molecule has 2 fully saturated rings. The maximum atomic E-state index is 14.1. The summed E-state index contributed by atoms with van der Waals surface area (Å²) in [7, 11) is 2.98. The molecule has 1 N–H and O–H groups in total. The molecule has 29 heavy (non-hydrogen) atoms. The lowest BCUT2D eigenvalue weighted by Crippen LogP contribution is -2.58. The Morgan fingerprint density at radius 2 is 1.90 bits per heavy atom. The molecule has 4 rings (SSSR count). The highest BCUT2D eigenvalue weighted by atomic mass is 19.2. The van der Waals surface area contributed by atoms with Gasteiger partial charge in [-0.05, 0) is 18.9 Å². The number of nitrogens with zero attached hydrogens (tertiary/aromatic N) is 3. The number of methoxy groups -OCH3 is 2. The SMILES string of the molecule is COc1ncc(C2(O)[C@H]3CCC[C@H]2CN(Cc2cccc(F)c2F)C3)c(OC)n1. The van der Waals surface area contributed by atoms with Crippen LogP contribution in [-0.2, 0) is 12.1 Å². The van der Waals surface area contributed by atoms with Crippen LogP contribution in [-0.4, -0.2) is 47.3 Å². The molecule has 2 aliphatic rings. The molecule has 1 aromatic carbocycles. The molecule has 1 saturated carbocycles. The third kappa shape index (κ3) is 3.44. The first-order valence-electron chi connectivity index (χ1n) is 9.80. The highest BCUT2D eigenvalue weighted by Crippen LogP contribution is 2.51. The van der Waals surface area contributed by atoms with E-state index in [1.807, 2.05) is 0 Å². The lowest BCUT2D eigenvalue weighted by Gasteiger charge is -2.53. The van der Waals surface area contributed by atoms with Gasteiger partial charge in [-0.15, -0.1) is 0 Å². The van der Waals surface area contributed by atoms with Gasteiger partial charge in [0.2, 0.25) is 5.88 Å². The molecule has 2 aromatic rings. The molecule has 1 saturated heterocycles. The van der Waals surface area contributed by atoms with Crippen molar-refractivity contribution in [1.29, 1.82) is 0 Å². The van der Waals surface area contributed by atoms with Gasteiger partial charge in [-0.3, -0.25) is 4.90 Å². The normalized spacial score (nSPS) is 26.9. The van der Waals surface area contributed by atoms with Crippen LogP contribution in [0, 0.1) is 23.5 Å². The Bertz CT molecular complexity index is 881. The van der Waals surface area contributed by atoms with E-state index in [-0.39, 0.29) is 17.8 Å². The number of fused-ring (bicyclic) bond motifs is 2. The fourth-order valence-electron chi connectivity index (χ4n) is 4.90. The molecule has 0 unspecified atom stereocenters. The molecule has 2 heterocycles. The summed E-state index contributed by atoms with van der Waals surface area (Å²) in [6.07, 6.45) is 4.24. The highest BCUT2D eigenvalue weighted by molar-refractivity contribution is 5.34. The smallest absolute Gasteiger partial charge is 0.319 e. The molecule has 1 aliphatic carbocycles. The zero-order valence-corrected chi connectivity index (χ0v) is 16.6. The summed E-state index contributed by atoms with van der Waals surface area (Å²) in [6, 6.07) is 4.43. The third-order valence-corrected chi connectivity index (χ3v) is 6.27. The van der Waals surface area contributed by atoms with Crippen LogP contribution < -0.4 is 9.47 Å². The number of halogens is 2. The number of rotatable bonds is 5. The van der Waals surface area contributed by atoms with E-state index < -0.39 is 17.2 Å². The van der Waals surface area contributed by atoms with Crippen molar-refractivity contribution in [2.75, 3.05) is 27.3 Å². The Kier molecular flexibility index (Phi) is 5.40. The maximum Gasteiger partial charge on any atom is 0.319 e. The number of aromatic nitrogens is 2. The van der Waals surface area contributed by atoms with E-state index in [0.717, 1.165) is 25.3 Å². The van der Waals surface area contributed by atoms with Gasteiger partial charge in [-0.1, -0.05) is 18.6 Å². The van der Waals surface area contributed by atoms with Crippen molar-refractivity contribution in [3.8, 4) is 11.9 Å². The fraction of sp³-hybridized carbons (Fsp3) is 0.524. The van der Waals surface area contributed by atoms with Gasteiger partial charge < -0.3 is 14.6 Å². The quantitative estimate of drug-likeness (QED) is 0.825. The summed E-state index contributed by atoms with van der Waals surface area (Å²) in [5.41, 5.74) is -0.238. The Balaban J connectivity index is 1.63. The van der Waals surface area contributed by atoms with Crippen LogP contribution in [0.25, 0.3) is 0 Å². The van der Waals surface area contributed by atoms with E-state index >= 15 is 0 Å². The summed E-state index contributed by atoms with van der Waals surface area (Å²) >= 11 is 0. The van der Waals surface area contributed by atoms with E-state index in [1.165, 1.54) is 20.3 Å². The van der Waals surface area contributed by atoms with Crippen molar-refractivity contribution in [2.24, 2.45) is 11.8 Å². The van der Waals surface area contributed by atoms with Crippen molar-refractivity contribution in [1.82, 2.24) is 14.9 Å². The van der Waals surface area contributed by atoms with Gasteiger partial charge in [0.25, 0.3) is 0 Å². The van der Waals surface area contributed by atoms with Crippen LogP contribution >= 0.6 is 0 Å². The summed E-state index contributed by atoms with van der Waals surface area (Å²) in [5, 5.41) is 11.8. The van der Waals surface area contributed by atoms with Crippen LogP contribution in [0.3, 0.4) is 0 Å². The Morgan fingerprint density at radius 3 is 2.55 bits per heavy atom. The van der Waals surface area contributed by atoms with Gasteiger partial charge in [0.05, 0.1) is 19.8 Å². The molecule has 1 aliphatic heterocycles. The molecular weight excluding hydrogens is 380 g/mol. The van der Waals surface area contributed by atoms with Crippen LogP contribution in [0.15, 0.2) is 24.4 Å². The average molecular weight is 405 g/mol. The highest BCUT2D eigenvalue weighted by Gasteiger charge is 2.53. The Labute approximate surface area is 168 Å². The van der Waals surface area contributed by atoms with Gasteiger partial charge in [-0.25, -0.2) is 13.8 Å². The molecule has 156 valence electrons. The van der Waals surface area contributed by atoms with Crippen molar-refractivity contribution in [3.05, 3.63) is 47.2 Å². The molecule has 8 heteroatoms. The Morgan fingerprint density at radius 1 is 1.17 bits per heavy atom. The summed E-state index contributed by atoms with van der Waals surface area (Å²) in [4.78, 5) is 10.5. The van der Waals surface area contributed by atoms with Crippen LogP contribution in [0.4, 0.5) is 8.78 Å². The standard InChI is InChI=1S/C21H25F2N3O3/c1-28-19-16(9-24-20(25-19)29-2)21(27)14-6-4-7-15(21)12-26(11-14)10-13-5-3-8-17(22)18(13)23/h3,5,8-9,14-15,27H,4,6-7,10-12H2,1-2H3/t14-,15-/m0/s1. The summed E-state index contributed by atoms with van der Waals surface area (Å²) < 4.78 is 38.2. The first-order chi connectivity index (χ1) is 14.0. The number of piperidine rings is 1. The molecular formula is C21H25F2N3O3. The minimum Gasteiger partial charge on any atom is -0.481 e. The maximum absolute atomic E-state index is 14.1. The van der Waals surface area contributed by atoms with Crippen LogP contribution in [0.2, 0.25) is 0 Å². The molecule has 1 aromatic heterocycles. The van der Waals surface area contributed by atoms with E-state index in [9.17, 15) is 13.9 Å². The number of likely N-dealkylation sites (tertiary alicyclic amines) is 1. The number of aliphatic hydroxyl groups is 1.